The number of carbonyl (C=O) groups is 1. The first kappa shape index (κ1) is 12.5. The number of nitrogens with one attached hydrogen (secondary N) is 2. The smallest absolute Gasteiger partial charge is 0.233 e. The van der Waals surface area contributed by atoms with E-state index in [9.17, 15) is 4.79 Å². The van der Waals surface area contributed by atoms with Gasteiger partial charge in [0.2, 0.25) is 5.91 Å². The summed E-state index contributed by atoms with van der Waals surface area (Å²) in [5, 5.41) is 15.0. The first-order valence-corrected chi connectivity index (χ1v) is 5.66. The van der Waals surface area contributed by atoms with Gasteiger partial charge in [-0.25, -0.2) is 0 Å². The zero-order chi connectivity index (χ0) is 11.3. The van der Waals surface area contributed by atoms with Gasteiger partial charge in [-0.3, -0.25) is 4.79 Å². The van der Waals surface area contributed by atoms with Gasteiger partial charge in [-0.2, -0.15) is 0 Å². The molecule has 3 N–H and O–H groups in total. The maximum atomic E-state index is 11.3. The molecule has 0 bridgehead atoms. The van der Waals surface area contributed by atoms with Crippen LogP contribution in [0.2, 0.25) is 0 Å². The van der Waals surface area contributed by atoms with Gasteiger partial charge in [0, 0.05) is 25.1 Å². The van der Waals surface area contributed by atoms with E-state index in [0.29, 0.717) is 12.5 Å². The van der Waals surface area contributed by atoms with Gasteiger partial charge in [0.05, 0.1) is 6.54 Å². The van der Waals surface area contributed by atoms with Gasteiger partial charge in [0.1, 0.15) is 0 Å². The van der Waals surface area contributed by atoms with E-state index in [1.807, 2.05) is 0 Å². The SMILES string of the molecule is CC(C)CNC(=O)CNCC1(CO)CC1. The van der Waals surface area contributed by atoms with Crippen molar-refractivity contribution in [2.24, 2.45) is 11.3 Å². The summed E-state index contributed by atoms with van der Waals surface area (Å²) < 4.78 is 0. The second-order valence-electron chi connectivity index (χ2n) is 4.96. The third-order valence-electron chi connectivity index (χ3n) is 2.79. The zero-order valence-electron chi connectivity index (χ0n) is 9.68. The van der Waals surface area contributed by atoms with Crippen LogP contribution < -0.4 is 10.6 Å². The highest BCUT2D eigenvalue weighted by Gasteiger charge is 2.41. The molecule has 1 amide bonds. The molecule has 1 fully saturated rings. The van der Waals surface area contributed by atoms with Crippen LogP contribution in [0, 0.1) is 11.3 Å². The van der Waals surface area contributed by atoms with Gasteiger partial charge >= 0.3 is 0 Å². The van der Waals surface area contributed by atoms with Gasteiger partial charge < -0.3 is 15.7 Å². The molecule has 1 saturated carbocycles. The first-order valence-electron chi connectivity index (χ1n) is 5.66. The van der Waals surface area contributed by atoms with Crippen LogP contribution in [0.3, 0.4) is 0 Å². The lowest BCUT2D eigenvalue weighted by atomic mass is 10.1. The van der Waals surface area contributed by atoms with E-state index in [-0.39, 0.29) is 17.9 Å². The fourth-order valence-corrected chi connectivity index (χ4v) is 1.39. The van der Waals surface area contributed by atoms with E-state index in [1.165, 1.54) is 0 Å². The molecule has 0 heterocycles. The Hall–Kier alpha value is -0.610. The molecule has 0 spiro atoms. The molecule has 0 aromatic carbocycles. The van der Waals surface area contributed by atoms with Crippen LogP contribution in [-0.4, -0.2) is 37.3 Å². The Morgan fingerprint density at radius 1 is 1.47 bits per heavy atom. The Morgan fingerprint density at radius 3 is 2.60 bits per heavy atom. The fourth-order valence-electron chi connectivity index (χ4n) is 1.39. The molecule has 0 atom stereocenters. The summed E-state index contributed by atoms with van der Waals surface area (Å²) in [6.45, 7) is 6.20. The van der Waals surface area contributed by atoms with Gasteiger partial charge in [-0.05, 0) is 18.8 Å². The van der Waals surface area contributed by atoms with E-state index in [4.69, 9.17) is 5.11 Å². The van der Waals surface area contributed by atoms with Crippen molar-refractivity contribution >= 4 is 5.91 Å². The molecular weight excluding hydrogens is 192 g/mol. The monoisotopic (exact) mass is 214 g/mol. The lowest BCUT2D eigenvalue weighted by Gasteiger charge is -2.13. The van der Waals surface area contributed by atoms with Crippen LogP contribution in [0.25, 0.3) is 0 Å². The summed E-state index contributed by atoms with van der Waals surface area (Å²) in [5.74, 6) is 0.526. The fraction of sp³-hybridized carbons (Fsp3) is 0.909. The van der Waals surface area contributed by atoms with Crippen molar-refractivity contribution in [1.82, 2.24) is 10.6 Å². The van der Waals surface area contributed by atoms with E-state index < -0.39 is 0 Å². The van der Waals surface area contributed by atoms with Crippen LogP contribution in [0.4, 0.5) is 0 Å². The highest BCUT2D eigenvalue weighted by Crippen LogP contribution is 2.44. The topological polar surface area (TPSA) is 61.4 Å². The Kier molecular flexibility index (Phi) is 4.54. The standard InChI is InChI=1S/C11H22N2O2/c1-9(2)5-13-10(15)6-12-7-11(8-14)3-4-11/h9,12,14H,3-8H2,1-2H3,(H,13,15). The molecular formula is C11H22N2O2. The highest BCUT2D eigenvalue weighted by molar-refractivity contribution is 5.77. The molecule has 1 aliphatic rings. The predicted molar refractivity (Wildman–Crippen MR) is 59.5 cm³/mol. The summed E-state index contributed by atoms with van der Waals surface area (Å²) in [4.78, 5) is 11.3. The van der Waals surface area contributed by atoms with E-state index >= 15 is 0 Å². The summed E-state index contributed by atoms with van der Waals surface area (Å²) >= 11 is 0. The minimum Gasteiger partial charge on any atom is -0.396 e. The molecule has 15 heavy (non-hydrogen) atoms. The number of hydrogen-bond acceptors (Lipinski definition) is 3. The van der Waals surface area contributed by atoms with E-state index in [1.54, 1.807) is 0 Å². The van der Waals surface area contributed by atoms with E-state index in [2.05, 4.69) is 24.5 Å². The molecule has 88 valence electrons. The number of carbonyl (C=O) groups excluding carboxylic acids is 1. The number of rotatable bonds is 7. The Balaban J connectivity index is 2.02. The first-order chi connectivity index (χ1) is 7.08. The van der Waals surface area contributed by atoms with Crippen molar-refractivity contribution in [1.29, 1.82) is 0 Å². The quantitative estimate of drug-likeness (QED) is 0.564. The minimum atomic E-state index is 0.0393. The zero-order valence-corrected chi connectivity index (χ0v) is 9.68. The highest BCUT2D eigenvalue weighted by atomic mass is 16.3. The van der Waals surface area contributed by atoms with Crippen molar-refractivity contribution in [2.75, 3.05) is 26.2 Å². The lowest BCUT2D eigenvalue weighted by molar-refractivity contribution is -0.120. The van der Waals surface area contributed by atoms with Crippen molar-refractivity contribution in [2.45, 2.75) is 26.7 Å². The second-order valence-corrected chi connectivity index (χ2v) is 4.96. The number of aliphatic hydroxyl groups is 1. The van der Waals surface area contributed by atoms with E-state index in [0.717, 1.165) is 25.9 Å². The summed E-state index contributed by atoms with van der Waals surface area (Å²) in [5.41, 5.74) is 0.0817. The lowest BCUT2D eigenvalue weighted by Crippen LogP contribution is -2.38. The van der Waals surface area contributed by atoms with Crippen molar-refractivity contribution < 1.29 is 9.90 Å². The van der Waals surface area contributed by atoms with Crippen molar-refractivity contribution in [3.63, 3.8) is 0 Å². The molecule has 0 aromatic heterocycles. The van der Waals surface area contributed by atoms with Gasteiger partial charge in [-0.15, -0.1) is 0 Å². The minimum absolute atomic E-state index is 0.0393. The maximum absolute atomic E-state index is 11.3. The van der Waals surface area contributed by atoms with Gasteiger partial charge in [0.25, 0.3) is 0 Å². The molecule has 0 saturated heterocycles. The van der Waals surface area contributed by atoms with Gasteiger partial charge in [0.15, 0.2) is 0 Å². The van der Waals surface area contributed by atoms with Gasteiger partial charge in [-0.1, -0.05) is 13.8 Å². The summed E-state index contributed by atoms with van der Waals surface area (Å²) in [7, 11) is 0. The number of hydrogen-bond donors (Lipinski definition) is 3. The number of aliphatic hydroxyl groups excluding tert-OH is 1. The maximum Gasteiger partial charge on any atom is 0.233 e. The van der Waals surface area contributed by atoms with Crippen LogP contribution in [0.5, 0.6) is 0 Å². The molecule has 0 aromatic rings. The molecule has 0 unspecified atom stereocenters. The molecule has 1 aliphatic carbocycles. The third kappa shape index (κ3) is 4.62. The summed E-state index contributed by atoms with van der Waals surface area (Å²) in [6.07, 6.45) is 2.15. The molecule has 0 radical (unpaired) electrons. The predicted octanol–water partition coefficient (Wildman–Crippen LogP) is 0.121. The summed E-state index contributed by atoms with van der Waals surface area (Å²) in [6, 6.07) is 0. The van der Waals surface area contributed by atoms with Crippen LogP contribution >= 0.6 is 0 Å². The van der Waals surface area contributed by atoms with Crippen LogP contribution in [-0.2, 0) is 4.79 Å². The molecule has 1 rings (SSSR count). The molecule has 4 heteroatoms. The normalized spacial score (nSPS) is 17.9. The van der Waals surface area contributed by atoms with Crippen molar-refractivity contribution in [3.05, 3.63) is 0 Å². The molecule has 0 aliphatic heterocycles. The van der Waals surface area contributed by atoms with Crippen LogP contribution in [0.1, 0.15) is 26.7 Å². The number of amides is 1. The largest absolute Gasteiger partial charge is 0.396 e. The Morgan fingerprint density at radius 2 is 2.13 bits per heavy atom. The Bertz CT molecular complexity index is 213. The van der Waals surface area contributed by atoms with Crippen LogP contribution in [0.15, 0.2) is 0 Å². The van der Waals surface area contributed by atoms with Crippen molar-refractivity contribution in [3.8, 4) is 0 Å². The third-order valence-corrected chi connectivity index (χ3v) is 2.79. The molecule has 4 nitrogen and oxygen atoms in total. The average molecular weight is 214 g/mol. The average Bonchev–Trinajstić information content (AvgIpc) is 2.96. The second kappa shape index (κ2) is 5.47. The Labute approximate surface area is 91.4 Å².